The van der Waals surface area contributed by atoms with E-state index in [1.807, 2.05) is 0 Å². The quantitative estimate of drug-likeness (QED) is 0.806. The molecule has 2 N–H and O–H groups in total. The number of furan rings is 1. The molecule has 0 aliphatic heterocycles. The Morgan fingerprint density at radius 2 is 1.84 bits per heavy atom. The summed E-state index contributed by atoms with van der Waals surface area (Å²) in [5, 5.41) is 11.9. The van der Waals surface area contributed by atoms with Crippen molar-refractivity contribution in [3.05, 3.63) is 58.5 Å². The van der Waals surface area contributed by atoms with Gasteiger partial charge in [0.05, 0.1) is 11.8 Å². The third-order valence-electron chi connectivity index (χ3n) is 4.42. The number of rotatable bonds is 7. The fraction of sp³-hybridized carbons (Fsp3) is 0.400. The first-order chi connectivity index (χ1) is 11.7. The molecule has 1 heterocycles. The van der Waals surface area contributed by atoms with Crippen LogP contribution in [0, 0.1) is 6.92 Å². The van der Waals surface area contributed by atoms with Gasteiger partial charge in [0.25, 0.3) is 5.91 Å². The molecule has 25 heavy (non-hydrogen) atoms. The zero-order valence-electron chi connectivity index (χ0n) is 15.2. The van der Waals surface area contributed by atoms with Gasteiger partial charge in [-0.2, -0.15) is 0 Å². The van der Waals surface area contributed by atoms with E-state index in [0.717, 1.165) is 12.0 Å². The molecular formula is C20H25NO4. The first kappa shape index (κ1) is 18.8. The lowest BCUT2D eigenvalue weighted by Crippen LogP contribution is -2.37. The zero-order chi connectivity index (χ0) is 18.6. The van der Waals surface area contributed by atoms with Gasteiger partial charge in [-0.15, -0.1) is 0 Å². The van der Waals surface area contributed by atoms with E-state index in [1.54, 1.807) is 6.92 Å². The molecule has 1 aromatic carbocycles. The van der Waals surface area contributed by atoms with Crippen molar-refractivity contribution >= 4 is 11.9 Å². The molecule has 5 nitrogen and oxygen atoms in total. The molecule has 2 aromatic rings. The van der Waals surface area contributed by atoms with E-state index >= 15 is 0 Å². The molecule has 0 spiro atoms. The number of carbonyl (C=O) groups is 2. The smallest absolute Gasteiger partial charge is 0.311 e. The van der Waals surface area contributed by atoms with Crippen molar-refractivity contribution in [1.82, 2.24) is 5.32 Å². The van der Waals surface area contributed by atoms with Crippen LogP contribution in [-0.2, 0) is 23.1 Å². The Labute approximate surface area is 148 Å². The summed E-state index contributed by atoms with van der Waals surface area (Å²) in [6, 6.07) is 8.38. The number of carbonyl (C=O) groups excluding carboxylic acids is 1. The normalized spacial score (nSPS) is 11.4. The SMILES string of the molecule is CCc1ccc(C(C)(C)CNC(=O)c2c(C)coc2CC(=O)O)cc1. The Morgan fingerprint density at radius 1 is 1.20 bits per heavy atom. The van der Waals surface area contributed by atoms with Crippen molar-refractivity contribution in [1.29, 1.82) is 0 Å². The summed E-state index contributed by atoms with van der Waals surface area (Å²) in [7, 11) is 0. The molecule has 0 unspecified atom stereocenters. The van der Waals surface area contributed by atoms with Gasteiger partial charge in [0, 0.05) is 17.5 Å². The highest BCUT2D eigenvalue weighted by Crippen LogP contribution is 2.24. The molecule has 5 heteroatoms. The van der Waals surface area contributed by atoms with Crippen molar-refractivity contribution in [2.75, 3.05) is 6.54 Å². The third-order valence-corrected chi connectivity index (χ3v) is 4.42. The van der Waals surface area contributed by atoms with Gasteiger partial charge in [-0.3, -0.25) is 9.59 Å². The summed E-state index contributed by atoms with van der Waals surface area (Å²) in [4.78, 5) is 23.5. The Hall–Kier alpha value is -2.56. The number of carboxylic acid groups (broad SMARTS) is 1. The molecule has 0 saturated heterocycles. The number of hydrogen-bond acceptors (Lipinski definition) is 3. The van der Waals surface area contributed by atoms with Gasteiger partial charge in [-0.1, -0.05) is 45.0 Å². The summed E-state index contributed by atoms with van der Waals surface area (Å²) < 4.78 is 5.23. The molecule has 0 saturated carbocycles. The van der Waals surface area contributed by atoms with E-state index < -0.39 is 5.97 Å². The van der Waals surface area contributed by atoms with Crippen LogP contribution in [-0.4, -0.2) is 23.5 Å². The minimum absolute atomic E-state index is 0.188. The number of aliphatic carboxylic acids is 1. The minimum Gasteiger partial charge on any atom is -0.481 e. The summed E-state index contributed by atoms with van der Waals surface area (Å²) in [6.45, 7) is 8.42. The summed E-state index contributed by atoms with van der Waals surface area (Å²) >= 11 is 0. The first-order valence-corrected chi connectivity index (χ1v) is 8.41. The zero-order valence-corrected chi connectivity index (χ0v) is 15.2. The monoisotopic (exact) mass is 343 g/mol. The minimum atomic E-state index is -1.03. The Bertz CT molecular complexity index is 757. The van der Waals surface area contributed by atoms with Crippen molar-refractivity contribution < 1.29 is 19.1 Å². The molecule has 134 valence electrons. The van der Waals surface area contributed by atoms with Gasteiger partial charge in [-0.05, 0) is 24.5 Å². The number of hydrogen-bond donors (Lipinski definition) is 2. The molecule has 0 bridgehead atoms. The predicted octanol–water partition coefficient (Wildman–Crippen LogP) is 3.49. The van der Waals surface area contributed by atoms with Crippen LogP contribution in [0.1, 0.15) is 53.6 Å². The Kier molecular flexibility index (Phi) is 5.67. The van der Waals surface area contributed by atoms with E-state index in [-0.39, 0.29) is 23.5 Å². The van der Waals surface area contributed by atoms with Crippen molar-refractivity contribution in [3.8, 4) is 0 Å². The molecule has 1 aromatic heterocycles. The van der Waals surface area contributed by atoms with E-state index in [0.29, 0.717) is 17.7 Å². The third kappa shape index (κ3) is 4.50. The van der Waals surface area contributed by atoms with Crippen LogP contribution >= 0.6 is 0 Å². The average Bonchev–Trinajstić information content (AvgIpc) is 2.92. The van der Waals surface area contributed by atoms with Gasteiger partial charge in [0.2, 0.25) is 0 Å². The summed E-state index contributed by atoms with van der Waals surface area (Å²) in [5.41, 5.74) is 3.13. The van der Waals surface area contributed by atoms with Crippen LogP contribution in [0.25, 0.3) is 0 Å². The topological polar surface area (TPSA) is 79.5 Å². The standard InChI is InChI=1S/C20H25NO4/c1-5-14-6-8-15(9-7-14)20(3,4)12-21-19(24)18-13(2)11-25-16(18)10-17(22)23/h6-9,11H,5,10,12H2,1-4H3,(H,21,24)(H,22,23). The average molecular weight is 343 g/mol. The maximum absolute atomic E-state index is 12.5. The van der Waals surface area contributed by atoms with Crippen LogP contribution in [0.4, 0.5) is 0 Å². The second-order valence-corrected chi connectivity index (χ2v) is 6.90. The Morgan fingerprint density at radius 3 is 2.40 bits per heavy atom. The van der Waals surface area contributed by atoms with E-state index in [1.165, 1.54) is 11.8 Å². The van der Waals surface area contributed by atoms with Crippen LogP contribution < -0.4 is 5.32 Å². The molecule has 0 aliphatic rings. The van der Waals surface area contributed by atoms with Crippen LogP contribution in [0.15, 0.2) is 34.9 Å². The molecule has 1 amide bonds. The number of amides is 1. The lowest BCUT2D eigenvalue weighted by molar-refractivity contribution is -0.136. The van der Waals surface area contributed by atoms with Gasteiger partial charge in [0.1, 0.15) is 12.2 Å². The van der Waals surface area contributed by atoms with Gasteiger partial charge >= 0.3 is 5.97 Å². The summed E-state index contributed by atoms with van der Waals surface area (Å²) in [5.74, 6) is -1.15. The molecule has 0 fully saturated rings. The lowest BCUT2D eigenvalue weighted by atomic mass is 9.84. The second-order valence-electron chi connectivity index (χ2n) is 6.90. The Balaban J connectivity index is 2.10. The van der Waals surface area contributed by atoms with Crippen molar-refractivity contribution in [2.45, 2.75) is 46.0 Å². The maximum Gasteiger partial charge on any atom is 0.311 e. The fourth-order valence-electron chi connectivity index (χ4n) is 2.75. The molecule has 0 radical (unpaired) electrons. The molecule has 2 rings (SSSR count). The molecule has 0 atom stereocenters. The van der Waals surface area contributed by atoms with Gasteiger partial charge < -0.3 is 14.8 Å². The second kappa shape index (κ2) is 7.55. The number of benzene rings is 1. The van der Waals surface area contributed by atoms with Crippen LogP contribution in [0.3, 0.4) is 0 Å². The van der Waals surface area contributed by atoms with E-state index in [4.69, 9.17) is 9.52 Å². The van der Waals surface area contributed by atoms with Crippen molar-refractivity contribution in [2.24, 2.45) is 0 Å². The van der Waals surface area contributed by atoms with Gasteiger partial charge in [0.15, 0.2) is 0 Å². The van der Waals surface area contributed by atoms with Crippen molar-refractivity contribution in [3.63, 3.8) is 0 Å². The highest BCUT2D eigenvalue weighted by atomic mass is 16.4. The largest absolute Gasteiger partial charge is 0.481 e. The summed E-state index contributed by atoms with van der Waals surface area (Å²) in [6.07, 6.45) is 2.10. The fourth-order valence-corrected chi connectivity index (χ4v) is 2.75. The first-order valence-electron chi connectivity index (χ1n) is 8.41. The maximum atomic E-state index is 12.5. The van der Waals surface area contributed by atoms with E-state index in [9.17, 15) is 9.59 Å². The predicted molar refractivity (Wildman–Crippen MR) is 96.0 cm³/mol. The number of carboxylic acids is 1. The molecule has 0 aliphatic carbocycles. The highest BCUT2D eigenvalue weighted by Gasteiger charge is 2.25. The highest BCUT2D eigenvalue weighted by molar-refractivity contribution is 5.97. The lowest BCUT2D eigenvalue weighted by Gasteiger charge is -2.26. The van der Waals surface area contributed by atoms with Gasteiger partial charge in [-0.25, -0.2) is 0 Å². The van der Waals surface area contributed by atoms with Crippen LogP contribution in [0.2, 0.25) is 0 Å². The number of aryl methyl sites for hydroxylation is 2. The van der Waals surface area contributed by atoms with E-state index in [2.05, 4.69) is 50.4 Å². The van der Waals surface area contributed by atoms with Crippen LogP contribution in [0.5, 0.6) is 0 Å². The molecular weight excluding hydrogens is 318 g/mol. The number of nitrogens with one attached hydrogen (secondary N) is 1.